The number of carbonyl (C=O) groups excluding carboxylic acids is 3. The number of rotatable bonds is 9. The summed E-state index contributed by atoms with van der Waals surface area (Å²) in [4.78, 5) is 52.2. The van der Waals surface area contributed by atoms with Crippen LogP contribution < -0.4 is 16.0 Å². The number of alkyl halides is 2. The monoisotopic (exact) mass is 532 g/mol. The van der Waals surface area contributed by atoms with Crippen LogP contribution in [0.25, 0.3) is 0 Å². The summed E-state index contributed by atoms with van der Waals surface area (Å²) in [7, 11) is 1.28. The quantitative estimate of drug-likeness (QED) is 0.308. The van der Waals surface area contributed by atoms with Crippen molar-refractivity contribution in [2.45, 2.75) is 109 Å². The molecule has 1 heterocycles. The Morgan fingerprint density at radius 2 is 1.65 bits per heavy atom. The first-order valence-electron chi connectivity index (χ1n) is 12.9. The van der Waals surface area contributed by atoms with Gasteiger partial charge in [-0.15, -0.1) is 0 Å². The van der Waals surface area contributed by atoms with E-state index in [2.05, 4.69) is 16.0 Å². The molecule has 1 aliphatic heterocycles. The summed E-state index contributed by atoms with van der Waals surface area (Å²) in [5, 5.41) is 26.9. The van der Waals surface area contributed by atoms with Crippen LogP contribution in [-0.2, 0) is 14.4 Å². The van der Waals surface area contributed by atoms with Gasteiger partial charge in [-0.2, -0.15) is 0 Å². The van der Waals surface area contributed by atoms with E-state index in [-0.39, 0.29) is 18.4 Å². The Bertz CT molecular complexity index is 851. The first-order chi connectivity index (χ1) is 17.0. The predicted molar refractivity (Wildman–Crippen MR) is 132 cm³/mol. The number of halogens is 2. The van der Waals surface area contributed by atoms with Gasteiger partial charge in [0.05, 0.1) is 6.04 Å². The molecule has 1 aliphatic carbocycles. The highest BCUT2D eigenvalue weighted by Gasteiger charge is 2.51. The maximum atomic E-state index is 13.7. The Morgan fingerprint density at radius 1 is 1.05 bits per heavy atom. The van der Waals surface area contributed by atoms with E-state index >= 15 is 0 Å². The molecule has 212 valence electrons. The van der Waals surface area contributed by atoms with E-state index in [9.17, 15) is 38.2 Å². The molecule has 1 saturated carbocycles. The zero-order valence-corrected chi connectivity index (χ0v) is 22.4. The van der Waals surface area contributed by atoms with Crippen molar-refractivity contribution in [3.63, 3.8) is 0 Å². The second-order valence-electron chi connectivity index (χ2n) is 11.8. The molecule has 5 N–H and O–H groups in total. The van der Waals surface area contributed by atoms with Crippen molar-refractivity contribution in [1.82, 2.24) is 20.9 Å². The molecule has 1 spiro atoms. The number of nitrogens with zero attached hydrogens (tertiary/aromatic N) is 1. The van der Waals surface area contributed by atoms with E-state index in [1.807, 2.05) is 0 Å². The maximum Gasteiger partial charge on any atom is 0.405 e. The van der Waals surface area contributed by atoms with Gasteiger partial charge in [0.1, 0.15) is 12.1 Å². The van der Waals surface area contributed by atoms with E-state index in [0.29, 0.717) is 13.3 Å². The predicted octanol–water partition coefficient (Wildman–Crippen LogP) is 2.25. The van der Waals surface area contributed by atoms with Crippen LogP contribution in [0.5, 0.6) is 0 Å². The van der Waals surface area contributed by atoms with Crippen molar-refractivity contribution >= 4 is 23.8 Å². The van der Waals surface area contributed by atoms with Gasteiger partial charge in [-0.3, -0.25) is 14.4 Å². The zero-order chi connectivity index (χ0) is 28.2. The number of carboxylic acid groups (broad SMARTS) is 1. The maximum absolute atomic E-state index is 13.7. The lowest BCUT2D eigenvalue weighted by Crippen LogP contribution is -2.59. The minimum absolute atomic E-state index is 0.271. The summed E-state index contributed by atoms with van der Waals surface area (Å²) in [5.41, 5.74) is -1.10. The van der Waals surface area contributed by atoms with Gasteiger partial charge in [0.15, 0.2) is 6.10 Å². The number of hydrogen-bond donors (Lipinski definition) is 5. The molecule has 4 atom stereocenters. The second kappa shape index (κ2) is 11.9. The molecule has 2 fully saturated rings. The van der Waals surface area contributed by atoms with Gasteiger partial charge in [0.2, 0.25) is 17.7 Å². The molecule has 4 amide bonds. The van der Waals surface area contributed by atoms with Crippen LogP contribution in [0.15, 0.2) is 0 Å². The van der Waals surface area contributed by atoms with Crippen molar-refractivity contribution in [2.75, 3.05) is 13.6 Å². The van der Waals surface area contributed by atoms with Crippen molar-refractivity contribution < 1.29 is 38.2 Å². The van der Waals surface area contributed by atoms with Gasteiger partial charge in [-0.1, -0.05) is 40.0 Å². The Labute approximate surface area is 216 Å². The number of carbonyl (C=O) groups is 4. The lowest BCUT2D eigenvalue weighted by atomic mass is 9.72. The highest BCUT2D eigenvalue weighted by Crippen LogP contribution is 2.47. The highest BCUT2D eigenvalue weighted by molar-refractivity contribution is 5.93. The zero-order valence-electron chi connectivity index (χ0n) is 22.4. The fourth-order valence-electron chi connectivity index (χ4n) is 5.45. The lowest BCUT2D eigenvalue weighted by Gasteiger charge is -2.36. The molecule has 10 nitrogen and oxygen atoms in total. The molecule has 1 saturated heterocycles. The van der Waals surface area contributed by atoms with Crippen molar-refractivity contribution in [3.05, 3.63) is 0 Å². The highest BCUT2D eigenvalue weighted by atomic mass is 19.3. The number of nitrogens with one attached hydrogen (secondary N) is 3. The van der Waals surface area contributed by atoms with Gasteiger partial charge >= 0.3 is 6.09 Å². The third-order valence-electron chi connectivity index (χ3n) is 7.51. The van der Waals surface area contributed by atoms with E-state index in [0.717, 1.165) is 32.1 Å². The average Bonchev–Trinajstić information content (AvgIpc) is 3.16. The summed E-state index contributed by atoms with van der Waals surface area (Å²) < 4.78 is 27.2. The van der Waals surface area contributed by atoms with Crippen molar-refractivity contribution in [3.8, 4) is 0 Å². The minimum Gasteiger partial charge on any atom is -0.465 e. The first kappa shape index (κ1) is 30.7. The Morgan fingerprint density at radius 3 is 2.14 bits per heavy atom. The van der Waals surface area contributed by atoms with Crippen LogP contribution in [0.2, 0.25) is 0 Å². The lowest BCUT2D eigenvalue weighted by molar-refractivity contribution is -0.143. The summed E-state index contributed by atoms with van der Waals surface area (Å²) >= 11 is 0. The summed E-state index contributed by atoms with van der Waals surface area (Å²) in [5.74, 6) is -5.10. The smallest absolute Gasteiger partial charge is 0.405 e. The molecule has 0 aromatic carbocycles. The number of hydrogen-bond acceptors (Lipinski definition) is 5. The van der Waals surface area contributed by atoms with Gasteiger partial charge in [0.25, 0.3) is 5.91 Å². The van der Waals surface area contributed by atoms with Gasteiger partial charge in [-0.25, -0.2) is 13.6 Å². The van der Waals surface area contributed by atoms with Gasteiger partial charge in [-0.05, 0) is 43.4 Å². The molecule has 0 radical (unpaired) electrons. The Hall–Kier alpha value is -2.50. The van der Waals surface area contributed by atoms with Crippen molar-refractivity contribution in [2.24, 2.45) is 10.8 Å². The third kappa shape index (κ3) is 8.24. The fourth-order valence-corrected chi connectivity index (χ4v) is 5.45. The normalized spacial score (nSPS) is 22.2. The number of aliphatic hydroxyl groups excluding tert-OH is 1. The van der Waals surface area contributed by atoms with Crippen LogP contribution in [-0.4, -0.2) is 82.7 Å². The second-order valence-corrected chi connectivity index (χ2v) is 11.8. The summed E-state index contributed by atoms with van der Waals surface area (Å²) in [6, 6.07) is -3.41. The Kier molecular flexibility index (Phi) is 9.89. The van der Waals surface area contributed by atoms with E-state index in [1.54, 1.807) is 20.8 Å². The molecule has 1 unspecified atom stereocenters. The van der Waals surface area contributed by atoms with Crippen LogP contribution in [0.1, 0.15) is 79.1 Å². The standard InChI is InChI=1S/C25H42F2N4O6/c1-23(2,3)18(30-22(36)37)21(35)31-14-25(10-7-6-8-11-25)13-16(31)19(33)29-15(9-12-24(4,26)27)17(32)20(34)28-5/h15-18,30,32H,6-14H2,1-5H3,(H,28,34)(H,29,33)(H,36,37)/t15-,16-,17?,18+/m0/s1. The number of likely N-dealkylation sites (tertiary alicyclic amines) is 1. The average molecular weight is 533 g/mol. The molecule has 2 aliphatic rings. The van der Waals surface area contributed by atoms with Crippen LogP contribution in [0, 0.1) is 10.8 Å². The van der Waals surface area contributed by atoms with Crippen LogP contribution in [0.4, 0.5) is 13.6 Å². The first-order valence-corrected chi connectivity index (χ1v) is 12.9. The summed E-state index contributed by atoms with van der Waals surface area (Å²) in [6.45, 7) is 6.13. The number of aliphatic hydroxyl groups is 1. The molecule has 37 heavy (non-hydrogen) atoms. The fraction of sp³-hybridized carbons (Fsp3) is 0.840. The molecule has 0 aromatic heterocycles. The van der Waals surface area contributed by atoms with Crippen LogP contribution in [0.3, 0.4) is 0 Å². The van der Waals surface area contributed by atoms with E-state index in [1.165, 1.54) is 11.9 Å². The van der Waals surface area contributed by atoms with E-state index < -0.39 is 65.8 Å². The van der Waals surface area contributed by atoms with Gasteiger partial charge < -0.3 is 31.1 Å². The topological polar surface area (TPSA) is 148 Å². The van der Waals surface area contributed by atoms with Crippen molar-refractivity contribution in [1.29, 1.82) is 0 Å². The SMILES string of the molecule is CNC(=O)C(O)[C@H](CCC(C)(F)F)NC(=O)[C@@H]1CC2(CCCCC2)CN1C(=O)[C@@H](NC(=O)O)C(C)(C)C. The molecule has 2 rings (SSSR count). The molecule has 0 bridgehead atoms. The molecular weight excluding hydrogens is 490 g/mol. The number of amides is 4. The largest absolute Gasteiger partial charge is 0.465 e. The van der Waals surface area contributed by atoms with Crippen LogP contribution >= 0.6 is 0 Å². The number of likely N-dealkylation sites (N-methyl/N-ethyl adjacent to an activating group) is 1. The Balaban J connectivity index is 2.37. The molecular formula is C25H42F2N4O6. The van der Waals surface area contributed by atoms with E-state index in [4.69, 9.17) is 0 Å². The molecule has 0 aromatic rings. The van der Waals surface area contributed by atoms with Gasteiger partial charge in [0, 0.05) is 20.0 Å². The molecule has 12 heteroatoms. The minimum atomic E-state index is -3.07. The third-order valence-corrected chi connectivity index (χ3v) is 7.51. The summed E-state index contributed by atoms with van der Waals surface area (Å²) in [6.07, 6.45) is 0.713.